The van der Waals surface area contributed by atoms with Gasteiger partial charge in [-0.05, 0) is 44.0 Å². The second-order valence-corrected chi connectivity index (χ2v) is 4.83. The summed E-state index contributed by atoms with van der Waals surface area (Å²) in [5, 5.41) is 8.82. The number of nitrogens with zero attached hydrogens (tertiary/aromatic N) is 2. The number of rotatable bonds is 5. The van der Waals surface area contributed by atoms with E-state index in [1.165, 1.54) is 12.1 Å². The highest BCUT2D eigenvalue weighted by Gasteiger charge is 2.43. The van der Waals surface area contributed by atoms with Crippen LogP contribution in [0.25, 0.3) is 0 Å². The van der Waals surface area contributed by atoms with E-state index in [0.717, 1.165) is 31.6 Å². The molecule has 0 heterocycles. The van der Waals surface area contributed by atoms with E-state index in [4.69, 9.17) is 5.26 Å². The summed E-state index contributed by atoms with van der Waals surface area (Å²) < 4.78 is 12.9. The van der Waals surface area contributed by atoms with Crippen molar-refractivity contribution in [2.45, 2.75) is 26.2 Å². The minimum Gasteiger partial charge on any atom is -0.371 e. The quantitative estimate of drug-likeness (QED) is 0.778. The van der Waals surface area contributed by atoms with Crippen LogP contribution in [0.4, 0.5) is 10.1 Å². The predicted octanol–water partition coefficient (Wildman–Crippen LogP) is 3.35. The number of hydrogen-bond donors (Lipinski definition) is 0. The number of halogens is 1. The summed E-state index contributed by atoms with van der Waals surface area (Å²) in [5.41, 5.74) is 1.23. The molecule has 0 atom stereocenters. The van der Waals surface area contributed by atoms with Crippen molar-refractivity contribution in [1.29, 1.82) is 5.26 Å². The van der Waals surface area contributed by atoms with Crippen LogP contribution in [0.5, 0.6) is 0 Å². The molecule has 1 aromatic carbocycles. The Morgan fingerprint density at radius 1 is 1.35 bits per heavy atom. The first-order valence-electron chi connectivity index (χ1n) is 6.06. The lowest BCUT2D eigenvalue weighted by Crippen LogP contribution is -2.30. The van der Waals surface area contributed by atoms with E-state index in [2.05, 4.69) is 17.9 Å². The van der Waals surface area contributed by atoms with Gasteiger partial charge in [0.05, 0.1) is 6.07 Å². The van der Waals surface area contributed by atoms with E-state index in [1.807, 2.05) is 0 Å². The maximum atomic E-state index is 12.9. The van der Waals surface area contributed by atoms with Gasteiger partial charge in [0.2, 0.25) is 0 Å². The molecule has 0 aromatic heterocycles. The first-order chi connectivity index (χ1) is 8.19. The number of nitriles is 1. The normalized spacial score (nSPS) is 16.3. The largest absolute Gasteiger partial charge is 0.371 e. The Bertz CT molecular complexity index is 415. The van der Waals surface area contributed by atoms with Gasteiger partial charge in [-0.2, -0.15) is 5.26 Å². The van der Waals surface area contributed by atoms with Crippen LogP contribution in [-0.4, -0.2) is 13.1 Å². The van der Waals surface area contributed by atoms with E-state index in [-0.39, 0.29) is 11.2 Å². The molecule has 0 radical (unpaired) electrons. The van der Waals surface area contributed by atoms with E-state index < -0.39 is 0 Å². The van der Waals surface area contributed by atoms with Crippen molar-refractivity contribution in [2.24, 2.45) is 5.41 Å². The lowest BCUT2D eigenvalue weighted by molar-refractivity contribution is 0.512. The molecule has 90 valence electrons. The van der Waals surface area contributed by atoms with Gasteiger partial charge in [0.1, 0.15) is 5.82 Å². The fraction of sp³-hybridized carbons (Fsp3) is 0.500. The van der Waals surface area contributed by atoms with Gasteiger partial charge in [0.25, 0.3) is 0 Å². The van der Waals surface area contributed by atoms with Gasteiger partial charge in [-0.3, -0.25) is 0 Å². The van der Waals surface area contributed by atoms with Crippen LogP contribution < -0.4 is 4.90 Å². The molecule has 0 unspecified atom stereocenters. The topological polar surface area (TPSA) is 27.0 Å². The highest BCUT2D eigenvalue weighted by atomic mass is 19.1. The van der Waals surface area contributed by atoms with E-state index in [1.54, 1.807) is 12.1 Å². The molecule has 1 fully saturated rings. The summed E-state index contributed by atoms with van der Waals surface area (Å²) in [5.74, 6) is -0.206. The Morgan fingerprint density at radius 2 is 2.00 bits per heavy atom. The Labute approximate surface area is 102 Å². The van der Waals surface area contributed by atoms with E-state index in [0.29, 0.717) is 6.42 Å². The molecule has 0 N–H and O–H groups in total. The zero-order valence-corrected chi connectivity index (χ0v) is 10.1. The molecule has 0 amide bonds. The second-order valence-electron chi connectivity index (χ2n) is 4.83. The van der Waals surface area contributed by atoms with Gasteiger partial charge in [0, 0.05) is 30.6 Å². The number of benzene rings is 1. The molecular weight excluding hydrogens is 215 g/mol. The van der Waals surface area contributed by atoms with Gasteiger partial charge < -0.3 is 4.90 Å². The molecule has 1 aliphatic carbocycles. The number of hydrogen-bond acceptors (Lipinski definition) is 2. The minimum absolute atomic E-state index is 0.194. The van der Waals surface area contributed by atoms with Crippen molar-refractivity contribution >= 4 is 5.69 Å². The van der Waals surface area contributed by atoms with Gasteiger partial charge >= 0.3 is 0 Å². The lowest BCUT2D eigenvalue weighted by atomic mass is 10.0. The highest BCUT2D eigenvalue weighted by Crippen LogP contribution is 2.49. The molecule has 1 aliphatic rings. The van der Waals surface area contributed by atoms with Crippen LogP contribution in [0, 0.1) is 22.6 Å². The average Bonchev–Trinajstić information content (AvgIpc) is 3.08. The summed E-state index contributed by atoms with van der Waals surface area (Å²) >= 11 is 0. The van der Waals surface area contributed by atoms with Crippen LogP contribution in [0.15, 0.2) is 24.3 Å². The van der Waals surface area contributed by atoms with E-state index in [9.17, 15) is 4.39 Å². The fourth-order valence-corrected chi connectivity index (χ4v) is 2.18. The third-order valence-corrected chi connectivity index (χ3v) is 3.51. The summed E-state index contributed by atoms with van der Waals surface area (Å²) in [4.78, 5) is 2.23. The van der Waals surface area contributed by atoms with Crippen molar-refractivity contribution in [3.05, 3.63) is 30.1 Å². The number of anilines is 1. The fourth-order valence-electron chi connectivity index (χ4n) is 2.18. The average molecular weight is 232 g/mol. The van der Waals surface area contributed by atoms with Crippen molar-refractivity contribution in [3.8, 4) is 6.07 Å². The monoisotopic (exact) mass is 232 g/mol. The molecule has 0 aliphatic heterocycles. The van der Waals surface area contributed by atoms with Crippen LogP contribution in [0.3, 0.4) is 0 Å². The third kappa shape index (κ3) is 2.76. The molecule has 1 saturated carbocycles. The van der Waals surface area contributed by atoms with Gasteiger partial charge in [-0.1, -0.05) is 0 Å². The molecule has 17 heavy (non-hydrogen) atoms. The standard InChI is InChI=1S/C14H17FN2/c1-2-17(11-14(7-8-14)9-10-16)13-5-3-12(15)4-6-13/h3-6H,2,7-9,11H2,1H3. The van der Waals surface area contributed by atoms with Crippen molar-refractivity contribution < 1.29 is 4.39 Å². The van der Waals surface area contributed by atoms with Gasteiger partial charge in [-0.25, -0.2) is 4.39 Å². The van der Waals surface area contributed by atoms with Crippen molar-refractivity contribution in [2.75, 3.05) is 18.0 Å². The molecule has 2 nitrogen and oxygen atoms in total. The summed E-state index contributed by atoms with van der Waals surface area (Å²) in [7, 11) is 0. The Balaban J connectivity index is 2.07. The van der Waals surface area contributed by atoms with Crippen LogP contribution >= 0.6 is 0 Å². The molecular formula is C14H17FN2. The molecule has 0 spiro atoms. The summed E-state index contributed by atoms with van der Waals surface area (Å²) in [6.07, 6.45) is 2.90. The van der Waals surface area contributed by atoms with Crippen molar-refractivity contribution in [1.82, 2.24) is 0 Å². The lowest BCUT2D eigenvalue weighted by Gasteiger charge is -2.27. The first-order valence-corrected chi connectivity index (χ1v) is 6.06. The van der Waals surface area contributed by atoms with Crippen LogP contribution in [0.2, 0.25) is 0 Å². The van der Waals surface area contributed by atoms with Gasteiger partial charge in [-0.15, -0.1) is 0 Å². The molecule has 0 bridgehead atoms. The van der Waals surface area contributed by atoms with Crippen LogP contribution in [0.1, 0.15) is 26.2 Å². The Morgan fingerprint density at radius 3 is 2.47 bits per heavy atom. The van der Waals surface area contributed by atoms with Gasteiger partial charge in [0.15, 0.2) is 0 Å². The molecule has 0 saturated heterocycles. The molecule has 1 aromatic rings. The summed E-state index contributed by atoms with van der Waals surface area (Å²) in [6.45, 7) is 3.88. The predicted molar refractivity (Wildman–Crippen MR) is 66.2 cm³/mol. The summed E-state index contributed by atoms with van der Waals surface area (Å²) in [6, 6.07) is 8.86. The second kappa shape index (κ2) is 4.75. The minimum atomic E-state index is -0.206. The molecule has 2 rings (SSSR count). The third-order valence-electron chi connectivity index (χ3n) is 3.51. The Hall–Kier alpha value is -1.56. The maximum Gasteiger partial charge on any atom is 0.123 e. The van der Waals surface area contributed by atoms with Crippen LogP contribution in [-0.2, 0) is 0 Å². The highest BCUT2D eigenvalue weighted by molar-refractivity contribution is 5.46. The SMILES string of the molecule is CCN(CC1(CC#N)CC1)c1ccc(F)cc1. The zero-order valence-electron chi connectivity index (χ0n) is 10.1. The molecule has 3 heteroatoms. The van der Waals surface area contributed by atoms with Crippen molar-refractivity contribution in [3.63, 3.8) is 0 Å². The Kier molecular flexibility index (Phi) is 3.33. The maximum absolute atomic E-state index is 12.9. The smallest absolute Gasteiger partial charge is 0.123 e. The zero-order chi connectivity index (χ0) is 12.3. The first kappa shape index (κ1) is 11.9. The van der Waals surface area contributed by atoms with E-state index >= 15 is 0 Å².